The van der Waals surface area contributed by atoms with Gasteiger partial charge in [-0.2, -0.15) is 9.49 Å². The van der Waals surface area contributed by atoms with E-state index in [9.17, 15) is 4.39 Å². The van der Waals surface area contributed by atoms with Gasteiger partial charge in [-0.05, 0) is 64.6 Å². The maximum absolute atomic E-state index is 13.6. The average molecular weight is 357 g/mol. The Balaban J connectivity index is 2.18. The average Bonchev–Trinajstić information content (AvgIpc) is 2.65. The first-order valence-electron chi connectivity index (χ1n) is 6.38. The van der Waals surface area contributed by atoms with E-state index in [1.807, 2.05) is 17.7 Å². The third-order valence-electron chi connectivity index (χ3n) is 4.02. The molecule has 106 valence electrons. The van der Waals surface area contributed by atoms with Crippen LogP contribution in [0.2, 0.25) is 0 Å². The van der Waals surface area contributed by atoms with Crippen molar-refractivity contribution in [1.82, 2.24) is 19.7 Å². The Hall–Kier alpha value is -1.08. The van der Waals surface area contributed by atoms with E-state index in [2.05, 4.69) is 38.0 Å². The Morgan fingerprint density at radius 3 is 2.70 bits per heavy atom. The van der Waals surface area contributed by atoms with Crippen molar-refractivity contribution in [3.05, 3.63) is 38.8 Å². The van der Waals surface area contributed by atoms with Crippen LogP contribution >= 0.6 is 28.1 Å². The third kappa shape index (κ3) is 2.03. The zero-order chi connectivity index (χ0) is 14.5. The predicted octanol–water partition coefficient (Wildman–Crippen LogP) is 3.49. The van der Waals surface area contributed by atoms with Gasteiger partial charge in [-0.3, -0.25) is 5.10 Å². The Morgan fingerprint density at radius 2 is 2.20 bits per heavy atom. The third-order valence-corrected chi connectivity index (χ3v) is 4.79. The van der Waals surface area contributed by atoms with E-state index in [4.69, 9.17) is 12.2 Å². The highest BCUT2D eigenvalue weighted by molar-refractivity contribution is 9.10. The van der Waals surface area contributed by atoms with Crippen LogP contribution in [0.4, 0.5) is 4.39 Å². The van der Waals surface area contributed by atoms with E-state index in [0.29, 0.717) is 15.3 Å². The summed E-state index contributed by atoms with van der Waals surface area (Å²) in [6.07, 6.45) is 1.85. The van der Waals surface area contributed by atoms with Crippen molar-refractivity contribution in [2.24, 2.45) is 13.0 Å². The minimum absolute atomic E-state index is 0.284. The van der Waals surface area contributed by atoms with Crippen LogP contribution in [0.3, 0.4) is 0 Å². The molecule has 20 heavy (non-hydrogen) atoms. The first kappa shape index (κ1) is 13.9. The summed E-state index contributed by atoms with van der Waals surface area (Å²) < 4.78 is 16.6. The Kier molecular flexibility index (Phi) is 3.29. The van der Waals surface area contributed by atoms with Crippen LogP contribution in [0.1, 0.15) is 31.2 Å². The van der Waals surface area contributed by atoms with Gasteiger partial charge in [0.1, 0.15) is 10.4 Å². The predicted molar refractivity (Wildman–Crippen MR) is 79.5 cm³/mol. The van der Waals surface area contributed by atoms with Crippen LogP contribution in [0.15, 0.2) is 16.7 Å². The fourth-order valence-corrected chi connectivity index (χ4v) is 3.74. The number of aromatic amines is 1. The molecule has 0 unspecified atom stereocenters. The second-order valence-corrected chi connectivity index (χ2v) is 6.71. The summed E-state index contributed by atoms with van der Waals surface area (Å²) in [4.78, 5) is 3.74. The maximum Gasteiger partial charge on any atom is 0.214 e. The van der Waals surface area contributed by atoms with E-state index in [1.54, 1.807) is 0 Å². The monoisotopic (exact) mass is 356 g/mol. The molecule has 2 aromatic rings. The first-order chi connectivity index (χ1) is 9.42. The molecule has 0 radical (unpaired) electrons. The number of halogens is 2. The Morgan fingerprint density at radius 1 is 1.50 bits per heavy atom. The summed E-state index contributed by atoms with van der Waals surface area (Å²) in [6.45, 7) is 2.19. The van der Waals surface area contributed by atoms with Crippen molar-refractivity contribution in [3.63, 3.8) is 0 Å². The minimum Gasteiger partial charge on any atom is -0.307 e. The number of pyridine rings is 1. The minimum atomic E-state index is -0.481. The topological polar surface area (TPSA) is 46.5 Å². The molecule has 4 nitrogen and oxygen atoms in total. The van der Waals surface area contributed by atoms with E-state index >= 15 is 0 Å². The van der Waals surface area contributed by atoms with Crippen molar-refractivity contribution in [3.8, 4) is 0 Å². The molecule has 0 spiro atoms. The lowest BCUT2D eigenvalue weighted by Crippen LogP contribution is -2.43. The van der Waals surface area contributed by atoms with Gasteiger partial charge in [0, 0.05) is 7.05 Å². The second kappa shape index (κ2) is 4.73. The summed E-state index contributed by atoms with van der Waals surface area (Å²) in [7, 11) is 1.89. The van der Waals surface area contributed by atoms with E-state index in [1.165, 1.54) is 6.07 Å². The molecule has 0 aliphatic heterocycles. The Bertz CT molecular complexity index is 697. The van der Waals surface area contributed by atoms with Crippen LogP contribution in [0, 0.1) is 16.6 Å². The molecule has 7 heteroatoms. The van der Waals surface area contributed by atoms with Gasteiger partial charge < -0.3 is 4.57 Å². The van der Waals surface area contributed by atoms with Gasteiger partial charge in [-0.1, -0.05) is 6.92 Å². The van der Waals surface area contributed by atoms with Crippen molar-refractivity contribution in [1.29, 1.82) is 0 Å². The molecular weight excluding hydrogens is 343 g/mol. The van der Waals surface area contributed by atoms with Crippen LogP contribution in [0.5, 0.6) is 0 Å². The molecule has 0 bridgehead atoms. The number of aromatic nitrogens is 4. The van der Waals surface area contributed by atoms with Crippen LogP contribution in [-0.2, 0) is 12.5 Å². The first-order valence-corrected chi connectivity index (χ1v) is 7.58. The molecule has 1 fully saturated rings. The molecule has 0 atom stereocenters. The van der Waals surface area contributed by atoms with E-state index < -0.39 is 5.95 Å². The SMILES string of the molecule is CC1CC(c2cc(F)nc(Br)c2)(c2n[nH]c(=S)n2C)C1. The molecule has 1 N–H and O–H groups in total. The van der Waals surface area contributed by atoms with Crippen LogP contribution in [0.25, 0.3) is 0 Å². The van der Waals surface area contributed by atoms with Gasteiger partial charge in [0.05, 0.1) is 5.41 Å². The molecule has 0 amide bonds. The fourth-order valence-electron chi connectivity index (χ4n) is 3.19. The summed E-state index contributed by atoms with van der Waals surface area (Å²) in [5.74, 6) is 0.957. The highest BCUT2D eigenvalue weighted by atomic mass is 79.9. The van der Waals surface area contributed by atoms with Crippen LogP contribution in [-0.4, -0.2) is 19.7 Å². The van der Waals surface area contributed by atoms with Gasteiger partial charge in [-0.15, -0.1) is 0 Å². The van der Waals surface area contributed by atoms with Gasteiger partial charge in [0.25, 0.3) is 0 Å². The highest BCUT2D eigenvalue weighted by Gasteiger charge is 2.48. The standard InChI is InChI=1S/C13H14BrFN4S/c1-7-5-13(6-7,11-17-18-12(20)19(11)2)8-3-9(14)16-10(15)4-8/h3-4,7H,5-6H2,1-2H3,(H,18,20). The number of hydrogen-bond donors (Lipinski definition) is 1. The summed E-state index contributed by atoms with van der Waals surface area (Å²) in [5, 5.41) is 7.19. The second-order valence-electron chi connectivity index (χ2n) is 5.51. The number of hydrogen-bond acceptors (Lipinski definition) is 3. The largest absolute Gasteiger partial charge is 0.307 e. The number of nitrogens with zero attached hydrogens (tertiary/aromatic N) is 3. The lowest BCUT2D eigenvalue weighted by atomic mass is 9.58. The van der Waals surface area contributed by atoms with Gasteiger partial charge in [-0.25, -0.2) is 4.98 Å². The zero-order valence-electron chi connectivity index (χ0n) is 11.2. The lowest BCUT2D eigenvalue weighted by Gasteiger charge is -2.46. The number of nitrogens with one attached hydrogen (secondary N) is 1. The van der Waals surface area contributed by atoms with Gasteiger partial charge in [0.15, 0.2) is 4.77 Å². The highest BCUT2D eigenvalue weighted by Crippen LogP contribution is 2.51. The molecule has 0 saturated heterocycles. The summed E-state index contributed by atoms with van der Waals surface area (Å²) >= 11 is 8.46. The lowest BCUT2D eigenvalue weighted by molar-refractivity contribution is 0.184. The van der Waals surface area contributed by atoms with Crippen molar-refractivity contribution < 1.29 is 4.39 Å². The maximum atomic E-state index is 13.6. The molecule has 1 saturated carbocycles. The summed E-state index contributed by atoms with van der Waals surface area (Å²) in [6, 6.07) is 3.36. The Labute approximate surface area is 129 Å². The zero-order valence-corrected chi connectivity index (χ0v) is 13.6. The normalized spacial score (nSPS) is 25.5. The molecule has 3 rings (SSSR count). The van der Waals surface area contributed by atoms with Crippen LogP contribution < -0.4 is 0 Å². The molecular formula is C13H14BrFN4S. The van der Waals surface area contributed by atoms with Gasteiger partial charge >= 0.3 is 0 Å². The molecule has 2 aromatic heterocycles. The van der Waals surface area contributed by atoms with E-state index in [0.717, 1.165) is 24.2 Å². The quantitative estimate of drug-likeness (QED) is 0.661. The molecule has 1 aliphatic carbocycles. The number of rotatable bonds is 2. The summed E-state index contributed by atoms with van der Waals surface area (Å²) in [5.41, 5.74) is 0.612. The van der Waals surface area contributed by atoms with Crippen molar-refractivity contribution >= 4 is 28.1 Å². The van der Waals surface area contributed by atoms with Crippen molar-refractivity contribution in [2.45, 2.75) is 25.2 Å². The smallest absolute Gasteiger partial charge is 0.214 e. The molecule has 1 aliphatic rings. The molecule has 0 aromatic carbocycles. The fraction of sp³-hybridized carbons (Fsp3) is 0.462. The van der Waals surface area contributed by atoms with E-state index in [-0.39, 0.29) is 5.41 Å². The van der Waals surface area contributed by atoms with Gasteiger partial charge in [0.2, 0.25) is 5.95 Å². The van der Waals surface area contributed by atoms with Crippen molar-refractivity contribution in [2.75, 3.05) is 0 Å². The molecule has 2 heterocycles. The number of H-pyrrole nitrogens is 1.